The molecule has 1 aromatic heterocycles. The number of anilines is 1. The molecule has 14 heteroatoms. The topological polar surface area (TPSA) is 177 Å². The van der Waals surface area contributed by atoms with Gasteiger partial charge in [-0.1, -0.05) is 5.16 Å². The van der Waals surface area contributed by atoms with E-state index in [-0.39, 0.29) is 41.8 Å². The van der Waals surface area contributed by atoms with Gasteiger partial charge in [0.05, 0.1) is 18.7 Å². The van der Waals surface area contributed by atoms with Crippen LogP contribution >= 0.6 is 11.3 Å². The van der Waals surface area contributed by atoms with Gasteiger partial charge in [0, 0.05) is 11.9 Å². The molecule has 0 unspecified atom stereocenters. The molecule has 2 amide bonds. The van der Waals surface area contributed by atoms with E-state index in [1.54, 1.807) is 6.92 Å². The number of rotatable bonds is 7. The van der Waals surface area contributed by atoms with E-state index in [1.165, 1.54) is 17.5 Å². The molecule has 1 fully saturated rings. The average molecular weight is 438 g/mol. The summed E-state index contributed by atoms with van der Waals surface area (Å²) in [5.41, 5.74) is 4.92. The molecule has 1 atom stereocenters. The lowest BCUT2D eigenvalue weighted by atomic mass is 10.1. The number of ether oxygens (including phenoxy) is 1. The van der Waals surface area contributed by atoms with Gasteiger partial charge in [-0.25, -0.2) is 24.6 Å². The molecule has 1 aromatic rings. The molecule has 1 saturated heterocycles. The van der Waals surface area contributed by atoms with E-state index in [2.05, 4.69) is 20.3 Å². The second-order valence-corrected chi connectivity index (χ2v) is 6.96. The number of nitrogens with two attached hydrogens (primary N) is 1. The monoisotopic (exact) mass is 438 g/mol. The summed E-state index contributed by atoms with van der Waals surface area (Å²) in [5, 5.41) is 19.6. The van der Waals surface area contributed by atoms with Gasteiger partial charge in [-0.2, -0.15) is 0 Å². The molecule has 13 nitrogen and oxygen atoms in total. The van der Waals surface area contributed by atoms with E-state index in [0.29, 0.717) is 0 Å². The van der Waals surface area contributed by atoms with Crippen LogP contribution in [0.25, 0.3) is 0 Å². The summed E-state index contributed by atoms with van der Waals surface area (Å²) in [5.74, 6) is -3.74. The van der Waals surface area contributed by atoms with Gasteiger partial charge in [0.15, 0.2) is 16.5 Å². The minimum absolute atomic E-state index is 0.0519. The first kappa shape index (κ1) is 21.2. The van der Waals surface area contributed by atoms with Gasteiger partial charge in [0.25, 0.3) is 11.8 Å². The maximum absolute atomic E-state index is 12.8. The van der Waals surface area contributed by atoms with Gasteiger partial charge in [0.1, 0.15) is 18.8 Å². The Morgan fingerprint density at radius 1 is 1.47 bits per heavy atom. The van der Waals surface area contributed by atoms with Crippen molar-refractivity contribution in [2.75, 3.05) is 32.5 Å². The lowest BCUT2D eigenvalue weighted by Crippen LogP contribution is -2.46. The van der Waals surface area contributed by atoms with Crippen LogP contribution in [0, 0.1) is 0 Å². The van der Waals surface area contributed by atoms with Crippen LogP contribution in [0.15, 0.2) is 21.8 Å². The highest BCUT2D eigenvalue weighted by atomic mass is 32.1. The van der Waals surface area contributed by atoms with Crippen molar-refractivity contribution in [1.82, 2.24) is 20.3 Å². The second-order valence-electron chi connectivity index (χ2n) is 6.07. The summed E-state index contributed by atoms with van der Waals surface area (Å²) in [6.45, 7) is 1.45. The first-order chi connectivity index (χ1) is 14.3. The number of carboxylic acids is 1. The first-order valence-corrected chi connectivity index (χ1v) is 9.52. The molecule has 4 N–H and O–H groups in total. The van der Waals surface area contributed by atoms with Crippen molar-refractivity contribution in [3.05, 3.63) is 22.3 Å². The fourth-order valence-corrected chi connectivity index (χ4v) is 3.60. The van der Waals surface area contributed by atoms with Crippen LogP contribution in [0.1, 0.15) is 12.6 Å². The zero-order valence-corrected chi connectivity index (χ0v) is 16.8. The van der Waals surface area contributed by atoms with Crippen LogP contribution < -0.4 is 11.1 Å². The summed E-state index contributed by atoms with van der Waals surface area (Å²) in [4.78, 5) is 57.8. The predicted molar refractivity (Wildman–Crippen MR) is 102 cm³/mol. The lowest BCUT2D eigenvalue weighted by Gasteiger charge is -2.18. The standard InChI is InChI=1S/C16H18N6O7S/c1-3-29-15(27)7-4-21-5-8(13(24)22(21)11(7)14(25)26)18-12(23)10(20-28-2)9-6-30-16(17)19-9/h6,8H,3-5H2,1-2H3,(H2,17,19)(H,18,23)(H,25,26)/t8-/m1/s1. The van der Waals surface area contributed by atoms with Crippen molar-refractivity contribution in [3.8, 4) is 0 Å². The minimum Gasteiger partial charge on any atom is -0.477 e. The van der Waals surface area contributed by atoms with Crippen LogP contribution in [0.2, 0.25) is 0 Å². The Bertz CT molecular complexity index is 971. The molecular formula is C16H18N6O7S. The number of oxime groups is 1. The first-order valence-electron chi connectivity index (χ1n) is 8.64. The normalized spacial score (nSPS) is 19.1. The summed E-state index contributed by atoms with van der Waals surface area (Å²) < 4.78 is 4.87. The average Bonchev–Trinajstić information content (AvgIpc) is 3.35. The van der Waals surface area contributed by atoms with Gasteiger partial charge in [0.2, 0.25) is 0 Å². The predicted octanol–water partition coefficient (Wildman–Crippen LogP) is -1.46. The smallest absolute Gasteiger partial charge is 0.354 e. The molecule has 2 aliphatic rings. The number of aliphatic carboxylic acids is 1. The van der Waals surface area contributed by atoms with Crippen molar-refractivity contribution in [1.29, 1.82) is 0 Å². The molecule has 0 radical (unpaired) electrons. The number of nitrogens with zero attached hydrogens (tertiary/aromatic N) is 4. The number of hydrogen-bond donors (Lipinski definition) is 3. The SMILES string of the molecule is CCOC(=O)C1=C(C(=O)O)N2C(=O)[C@H](NC(=O)C(=NOC)c3csc(N)n3)CN2C1. The second kappa shape index (κ2) is 8.46. The van der Waals surface area contributed by atoms with E-state index >= 15 is 0 Å². The van der Waals surface area contributed by atoms with E-state index in [4.69, 9.17) is 10.5 Å². The van der Waals surface area contributed by atoms with Gasteiger partial charge in [-0.3, -0.25) is 9.59 Å². The molecule has 3 rings (SSSR count). The summed E-state index contributed by atoms with van der Waals surface area (Å²) in [7, 11) is 1.24. The molecular weight excluding hydrogens is 420 g/mol. The number of nitrogen functional groups attached to an aromatic ring is 1. The molecule has 0 aromatic carbocycles. The molecule has 0 bridgehead atoms. The van der Waals surface area contributed by atoms with Crippen LogP contribution in [0.4, 0.5) is 5.13 Å². The van der Waals surface area contributed by atoms with Crippen molar-refractivity contribution >= 4 is 45.9 Å². The molecule has 160 valence electrons. The van der Waals surface area contributed by atoms with Crippen LogP contribution in [0.5, 0.6) is 0 Å². The highest BCUT2D eigenvalue weighted by Crippen LogP contribution is 2.30. The van der Waals surface area contributed by atoms with E-state index < -0.39 is 35.5 Å². The van der Waals surface area contributed by atoms with Crippen LogP contribution in [-0.2, 0) is 28.8 Å². The summed E-state index contributed by atoms with van der Waals surface area (Å²) >= 11 is 1.09. The Morgan fingerprint density at radius 2 is 2.20 bits per heavy atom. The Labute approximate surface area is 173 Å². The van der Waals surface area contributed by atoms with E-state index in [9.17, 15) is 24.3 Å². The third-order valence-electron chi connectivity index (χ3n) is 4.21. The Balaban J connectivity index is 1.80. The number of thiazole rings is 1. The van der Waals surface area contributed by atoms with E-state index in [1.807, 2.05) is 0 Å². The number of carbonyl (C=O) groups excluding carboxylic acids is 3. The summed E-state index contributed by atoms with van der Waals surface area (Å²) in [6, 6.07) is -1.08. The van der Waals surface area contributed by atoms with E-state index in [0.717, 1.165) is 16.3 Å². The molecule has 0 saturated carbocycles. The third-order valence-corrected chi connectivity index (χ3v) is 4.89. The molecule has 3 heterocycles. The number of nitrogens with one attached hydrogen (secondary N) is 1. The number of carboxylic acid groups (broad SMARTS) is 1. The maximum Gasteiger partial charge on any atom is 0.354 e. The van der Waals surface area contributed by atoms with Crippen LogP contribution in [0.3, 0.4) is 0 Å². The molecule has 30 heavy (non-hydrogen) atoms. The van der Waals surface area contributed by atoms with Gasteiger partial charge in [-0.05, 0) is 6.92 Å². The number of esters is 1. The highest BCUT2D eigenvalue weighted by Gasteiger charge is 2.49. The van der Waals surface area contributed by atoms with Gasteiger partial charge >= 0.3 is 11.9 Å². The summed E-state index contributed by atoms with van der Waals surface area (Å²) in [6.07, 6.45) is 0. The zero-order valence-electron chi connectivity index (χ0n) is 15.9. The Kier molecular flexibility index (Phi) is 5.98. The van der Waals surface area contributed by atoms with Crippen molar-refractivity contribution in [2.45, 2.75) is 13.0 Å². The zero-order chi connectivity index (χ0) is 22.0. The van der Waals surface area contributed by atoms with Gasteiger partial charge in [-0.15, -0.1) is 11.3 Å². The maximum atomic E-state index is 12.8. The van der Waals surface area contributed by atoms with Gasteiger partial charge < -0.3 is 25.7 Å². The molecule has 0 aliphatic carbocycles. The van der Waals surface area contributed by atoms with Crippen LogP contribution in [-0.4, -0.2) is 82.4 Å². The molecule has 0 spiro atoms. The Hall–Kier alpha value is -3.52. The largest absolute Gasteiger partial charge is 0.477 e. The minimum atomic E-state index is -1.46. The molecule has 2 aliphatic heterocycles. The van der Waals surface area contributed by atoms with Crippen molar-refractivity contribution in [3.63, 3.8) is 0 Å². The number of aromatic nitrogens is 1. The number of hydrazine groups is 1. The fourth-order valence-electron chi connectivity index (χ4n) is 3.05. The lowest BCUT2D eigenvalue weighted by molar-refractivity contribution is -0.143. The third kappa shape index (κ3) is 3.81. The van der Waals surface area contributed by atoms with Crippen molar-refractivity contribution < 1.29 is 33.9 Å². The van der Waals surface area contributed by atoms with Crippen molar-refractivity contribution in [2.24, 2.45) is 5.16 Å². The quantitative estimate of drug-likeness (QED) is 0.259. The number of hydrogen-bond acceptors (Lipinski definition) is 11. The number of carbonyl (C=O) groups is 4. The highest BCUT2D eigenvalue weighted by molar-refractivity contribution is 7.13. The fraction of sp³-hybridized carbons (Fsp3) is 0.375. The number of fused-ring (bicyclic) bond motifs is 1. The number of amides is 2. The Morgan fingerprint density at radius 3 is 2.77 bits per heavy atom.